The second-order valence-electron chi connectivity index (χ2n) is 6.46. The van der Waals surface area contributed by atoms with E-state index in [4.69, 9.17) is 10.00 Å². The fourth-order valence-corrected chi connectivity index (χ4v) is 2.57. The van der Waals surface area contributed by atoms with Crippen molar-refractivity contribution in [2.24, 2.45) is 0 Å². The molecule has 0 aromatic heterocycles. The highest BCUT2D eigenvalue weighted by molar-refractivity contribution is 5.80. The average molecular weight is 336 g/mol. The first-order valence-electron chi connectivity index (χ1n) is 8.42. The highest BCUT2D eigenvalue weighted by Crippen LogP contribution is 2.19. The second kappa shape index (κ2) is 8.34. The van der Waals surface area contributed by atoms with Crippen LogP contribution in [0.1, 0.15) is 43.4 Å². The first-order chi connectivity index (χ1) is 11.9. The van der Waals surface area contributed by atoms with Crippen molar-refractivity contribution in [2.45, 2.75) is 39.3 Å². The number of likely N-dealkylation sites (N-methyl/N-ethyl adjacent to an activating group) is 1. The van der Waals surface area contributed by atoms with Gasteiger partial charge in [-0.2, -0.15) is 5.26 Å². The molecule has 0 radical (unpaired) electrons. The van der Waals surface area contributed by atoms with E-state index in [1.54, 1.807) is 43.1 Å². The lowest BCUT2D eigenvalue weighted by Crippen LogP contribution is -2.37. The van der Waals surface area contributed by atoms with Gasteiger partial charge in [0.2, 0.25) is 0 Å². The summed E-state index contributed by atoms with van der Waals surface area (Å²) in [7, 11) is 1.76. The third-order valence-corrected chi connectivity index (χ3v) is 4.10. The predicted molar refractivity (Wildman–Crippen MR) is 98.3 cm³/mol. The molecule has 25 heavy (non-hydrogen) atoms. The van der Waals surface area contributed by atoms with E-state index in [1.165, 1.54) is 5.56 Å². The molecule has 1 unspecified atom stereocenters. The molecule has 0 aliphatic rings. The average Bonchev–Trinajstić information content (AvgIpc) is 2.61. The maximum atomic E-state index is 12.5. The van der Waals surface area contributed by atoms with E-state index in [9.17, 15) is 4.79 Å². The summed E-state index contributed by atoms with van der Waals surface area (Å²) in [6.45, 7) is 6.53. The molecule has 2 aromatic carbocycles. The van der Waals surface area contributed by atoms with Gasteiger partial charge in [0.15, 0.2) is 6.10 Å². The Kier molecular flexibility index (Phi) is 6.19. The SMILES string of the molecule is CC(Oc1ccccc1C#N)C(=O)N(C)Cc1ccc(C(C)C)cc1. The molecule has 0 spiro atoms. The topological polar surface area (TPSA) is 53.3 Å². The standard InChI is InChI=1S/C21H24N2O2/c1-15(2)18-11-9-17(10-12-18)14-23(4)21(24)16(3)25-20-8-6-5-7-19(20)13-22/h5-12,15-16H,14H2,1-4H3. The number of nitrogens with zero attached hydrogens (tertiary/aromatic N) is 2. The zero-order chi connectivity index (χ0) is 18.4. The minimum Gasteiger partial charge on any atom is -0.480 e. The largest absolute Gasteiger partial charge is 0.480 e. The molecule has 0 aliphatic carbocycles. The van der Waals surface area contributed by atoms with E-state index in [1.807, 2.05) is 0 Å². The zero-order valence-corrected chi connectivity index (χ0v) is 15.2. The van der Waals surface area contributed by atoms with Gasteiger partial charge in [0, 0.05) is 13.6 Å². The van der Waals surface area contributed by atoms with Crippen LogP contribution in [-0.4, -0.2) is 24.0 Å². The number of hydrogen-bond donors (Lipinski definition) is 0. The fourth-order valence-electron chi connectivity index (χ4n) is 2.57. The van der Waals surface area contributed by atoms with Crippen molar-refractivity contribution < 1.29 is 9.53 Å². The van der Waals surface area contributed by atoms with Crippen molar-refractivity contribution >= 4 is 5.91 Å². The summed E-state index contributed by atoms with van der Waals surface area (Å²) in [6.07, 6.45) is -0.658. The van der Waals surface area contributed by atoms with Gasteiger partial charge < -0.3 is 9.64 Å². The van der Waals surface area contributed by atoms with Crippen LogP contribution in [0.3, 0.4) is 0 Å². The monoisotopic (exact) mass is 336 g/mol. The molecule has 4 nitrogen and oxygen atoms in total. The highest BCUT2D eigenvalue weighted by atomic mass is 16.5. The van der Waals surface area contributed by atoms with E-state index in [2.05, 4.69) is 44.2 Å². The number of hydrogen-bond acceptors (Lipinski definition) is 3. The molecule has 0 fully saturated rings. The summed E-state index contributed by atoms with van der Waals surface area (Å²) in [5, 5.41) is 9.11. The van der Waals surface area contributed by atoms with Crippen LogP contribution in [-0.2, 0) is 11.3 Å². The molecule has 0 heterocycles. The fraction of sp³-hybridized carbons (Fsp3) is 0.333. The van der Waals surface area contributed by atoms with Gasteiger partial charge >= 0.3 is 0 Å². The summed E-state index contributed by atoms with van der Waals surface area (Å²) in [4.78, 5) is 14.2. The van der Waals surface area contributed by atoms with E-state index in [-0.39, 0.29) is 5.91 Å². The lowest BCUT2D eigenvalue weighted by molar-refractivity contribution is -0.137. The Hall–Kier alpha value is -2.80. The Bertz CT molecular complexity index is 760. The zero-order valence-electron chi connectivity index (χ0n) is 15.2. The molecule has 0 saturated heterocycles. The lowest BCUT2D eigenvalue weighted by Gasteiger charge is -2.22. The molecule has 2 rings (SSSR count). The molecule has 0 N–H and O–H groups in total. The molecular weight excluding hydrogens is 312 g/mol. The van der Waals surface area contributed by atoms with Crippen LogP contribution in [0.4, 0.5) is 0 Å². The quantitative estimate of drug-likeness (QED) is 0.798. The maximum absolute atomic E-state index is 12.5. The van der Waals surface area contributed by atoms with Crippen molar-refractivity contribution in [1.29, 1.82) is 5.26 Å². The van der Waals surface area contributed by atoms with Gasteiger partial charge in [-0.15, -0.1) is 0 Å². The first-order valence-corrected chi connectivity index (χ1v) is 8.42. The highest BCUT2D eigenvalue weighted by Gasteiger charge is 2.20. The van der Waals surface area contributed by atoms with Gasteiger partial charge in [0.05, 0.1) is 5.56 Å². The number of carbonyl (C=O) groups is 1. The number of amides is 1. The van der Waals surface area contributed by atoms with Crippen LogP contribution in [0.2, 0.25) is 0 Å². The number of ether oxygens (including phenoxy) is 1. The molecule has 4 heteroatoms. The van der Waals surface area contributed by atoms with Gasteiger partial charge in [0.1, 0.15) is 11.8 Å². The predicted octanol–water partition coefficient (Wildman–Crippen LogP) is 4.11. The van der Waals surface area contributed by atoms with Crippen molar-refractivity contribution in [1.82, 2.24) is 4.90 Å². The molecule has 1 atom stereocenters. The third kappa shape index (κ3) is 4.84. The Morgan fingerprint density at radius 3 is 2.36 bits per heavy atom. The molecular formula is C21H24N2O2. The normalized spacial score (nSPS) is 11.7. The van der Waals surface area contributed by atoms with Gasteiger partial charge in [-0.25, -0.2) is 0 Å². The minimum atomic E-state index is -0.658. The summed E-state index contributed by atoms with van der Waals surface area (Å²) < 4.78 is 5.69. The van der Waals surface area contributed by atoms with E-state index < -0.39 is 6.10 Å². The number of nitriles is 1. The smallest absolute Gasteiger partial charge is 0.263 e. The minimum absolute atomic E-state index is 0.124. The van der Waals surface area contributed by atoms with Crippen molar-refractivity contribution in [3.63, 3.8) is 0 Å². The van der Waals surface area contributed by atoms with Gasteiger partial charge in [0.25, 0.3) is 5.91 Å². The van der Waals surface area contributed by atoms with Gasteiger partial charge in [-0.05, 0) is 36.1 Å². The van der Waals surface area contributed by atoms with Gasteiger partial charge in [-0.1, -0.05) is 50.2 Å². The van der Waals surface area contributed by atoms with Crippen LogP contribution in [0, 0.1) is 11.3 Å². The summed E-state index contributed by atoms with van der Waals surface area (Å²) in [5.41, 5.74) is 2.78. The Labute approximate surface area is 149 Å². The summed E-state index contributed by atoms with van der Waals surface area (Å²) >= 11 is 0. The number of benzene rings is 2. The van der Waals surface area contributed by atoms with Gasteiger partial charge in [-0.3, -0.25) is 4.79 Å². The molecule has 130 valence electrons. The van der Waals surface area contributed by atoms with Crippen molar-refractivity contribution in [3.05, 3.63) is 65.2 Å². The van der Waals surface area contributed by atoms with Crippen LogP contribution in [0.25, 0.3) is 0 Å². The number of rotatable bonds is 6. The molecule has 0 aliphatic heterocycles. The molecule has 0 bridgehead atoms. The van der Waals surface area contributed by atoms with Crippen LogP contribution >= 0.6 is 0 Å². The van der Waals surface area contributed by atoms with E-state index in [0.29, 0.717) is 23.8 Å². The Morgan fingerprint density at radius 2 is 1.76 bits per heavy atom. The Balaban J connectivity index is 2.00. The first kappa shape index (κ1) is 18.5. The molecule has 0 saturated carbocycles. The Morgan fingerprint density at radius 1 is 1.12 bits per heavy atom. The lowest BCUT2D eigenvalue weighted by atomic mass is 10.0. The van der Waals surface area contributed by atoms with Crippen LogP contribution in [0.15, 0.2) is 48.5 Å². The van der Waals surface area contributed by atoms with E-state index in [0.717, 1.165) is 5.56 Å². The summed E-state index contributed by atoms with van der Waals surface area (Å²) in [5.74, 6) is 0.795. The molecule has 2 aromatic rings. The number of carbonyl (C=O) groups excluding carboxylic acids is 1. The van der Waals surface area contributed by atoms with Crippen molar-refractivity contribution in [2.75, 3.05) is 7.05 Å². The molecule has 1 amide bonds. The van der Waals surface area contributed by atoms with Crippen molar-refractivity contribution in [3.8, 4) is 11.8 Å². The second-order valence-corrected chi connectivity index (χ2v) is 6.46. The summed E-state index contributed by atoms with van der Waals surface area (Å²) in [6, 6.07) is 17.3. The number of para-hydroxylation sites is 1. The van der Waals surface area contributed by atoms with Crippen LogP contribution in [0.5, 0.6) is 5.75 Å². The van der Waals surface area contributed by atoms with Crippen LogP contribution < -0.4 is 4.74 Å². The third-order valence-electron chi connectivity index (χ3n) is 4.10. The maximum Gasteiger partial charge on any atom is 0.263 e. The van der Waals surface area contributed by atoms with E-state index >= 15 is 0 Å².